The van der Waals surface area contributed by atoms with E-state index in [9.17, 15) is 22.8 Å². The van der Waals surface area contributed by atoms with Crippen molar-refractivity contribution >= 4 is 38.6 Å². The number of ketones is 1. The van der Waals surface area contributed by atoms with Crippen molar-refractivity contribution in [1.82, 2.24) is 14.9 Å². The zero-order valence-corrected chi connectivity index (χ0v) is 20.6. The molecule has 0 spiro atoms. The average Bonchev–Trinajstić information content (AvgIpc) is 3.10. The molecule has 34 heavy (non-hydrogen) atoms. The minimum Gasteiger partial charge on any atom is -0.497 e. The summed E-state index contributed by atoms with van der Waals surface area (Å²) in [6, 6.07) is 5.02. The topological polar surface area (TPSA) is 135 Å². The summed E-state index contributed by atoms with van der Waals surface area (Å²) < 4.78 is 35.6. The number of furan rings is 1. The Morgan fingerprint density at radius 2 is 2.00 bits per heavy atom. The summed E-state index contributed by atoms with van der Waals surface area (Å²) in [6.07, 6.45) is 2.17. The molecule has 186 valence electrons. The number of fused-ring (bicyclic) bond motifs is 1. The van der Waals surface area contributed by atoms with Gasteiger partial charge in [-0.3, -0.25) is 14.4 Å². The molecule has 1 fully saturated rings. The van der Waals surface area contributed by atoms with Crippen molar-refractivity contribution in [2.24, 2.45) is 5.92 Å². The molecule has 2 amide bonds. The van der Waals surface area contributed by atoms with Crippen molar-refractivity contribution in [2.45, 2.75) is 45.2 Å². The molecule has 1 aromatic heterocycles. The monoisotopic (exact) mass is 493 g/mol. The quantitative estimate of drug-likeness (QED) is 0.571. The Kier molecular flexibility index (Phi) is 7.98. The van der Waals surface area contributed by atoms with Gasteiger partial charge in [0.05, 0.1) is 26.0 Å². The lowest BCUT2D eigenvalue weighted by Gasteiger charge is -2.23. The minimum atomic E-state index is -3.50. The molecule has 11 heteroatoms. The van der Waals surface area contributed by atoms with Crippen LogP contribution in [0.15, 0.2) is 28.7 Å². The van der Waals surface area contributed by atoms with Gasteiger partial charge in [-0.05, 0) is 49.4 Å². The molecular formula is C23H31N3O7S. The van der Waals surface area contributed by atoms with Gasteiger partial charge < -0.3 is 19.8 Å². The lowest BCUT2D eigenvalue weighted by atomic mass is 10.0. The SMILES string of the molecule is COc1ccc2oc(C(=O)NC(CC(C)C)C(=O)N[C@H]3CCCN(S(C)(=O)=O)CC3=O)cc2c1. The number of sulfonamides is 1. The Balaban J connectivity index is 1.72. The fraction of sp³-hybridized carbons (Fsp3) is 0.522. The highest BCUT2D eigenvalue weighted by Crippen LogP contribution is 2.24. The highest BCUT2D eigenvalue weighted by Gasteiger charge is 2.32. The van der Waals surface area contributed by atoms with Gasteiger partial charge in [0.1, 0.15) is 17.4 Å². The maximum absolute atomic E-state index is 13.0. The third kappa shape index (κ3) is 6.35. The lowest BCUT2D eigenvalue weighted by Crippen LogP contribution is -2.52. The number of carbonyl (C=O) groups is 3. The molecular weight excluding hydrogens is 462 g/mol. The standard InChI is InChI=1S/C23H31N3O7S/c1-14(2)10-18(22(28)24-17-6-5-9-26(13-19(17)27)34(4,30)31)25-23(29)21-12-15-11-16(32-3)7-8-20(15)33-21/h7-8,11-12,14,17-18H,5-6,9-10,13H2,1-4H3,(H,24,28)(H,25,29)/t17-,18?/m0/s1. The summed E-state index contributed by atoms with van der Waals surface area (Å²) >= 11 is 0. The zero-order valence-electron chi connectivity index (χ0n) is 19.8. The number of nitrogens with zero attached hydrogens (tertiary/aromatic N) is 1. The van der Waals surface area contributed by atoms with Gasteiger partial charge in [0.25, 0.3) is 5.91 Å². The van der Waals surface area contributed by atoms with Gasteiger partial charge in [-0.1, -0.05) is 13.8 Å². The van der Waals surface area contributed by atoms with Crippen molar-refractivity contribution in [3.63, 3.8) is 0 Å². The van der Waals surface area contributed by atoms with E-state index in [-0.39, 0.29) is 30.6 Å². The molecule has 2 heterocycles. The van der Waals surface area contributed by atoms with E-state index in [1.165, 1.54) is 0 Å². The number of benzene rings is 1. The number of methoxy groups -OCH3 is 1. The highest BCUT2D eigenvalue weighted by molar-refractivity contribution is 7.88. The van der Waals surface area contributed by atoms with Gasteiger partial charge in [-0.15, -0.1) is 0 Å². The summed E-state index contributed by atoms with van der Waals surface area (Å²) in [7, 11) is -1.96. The second-order valence-corrected chi connectivity index (χ2v) is 10.9. The van der Waals surface area contributed by atoms with Gasteiger partial charge in [-0.2, -0.15) is 4.31 Å². The van der Waals surface area contributed by atoms with Crippen molar-refractivity contribution in [3.8, 4) is 5.75 Å². The summed E-state index contributed by atoms with van der Waals surface area (Å²) in [6.45, 7) is 3.77. The van der Waals surface area contributed by atoms with Gasteiger partial charge in [-0.25, -0.2) is 8.42 Å². The lowest BCUT2D eigenvalue weighted by molar-refractivity contribution is -0.129. The number of hydrogen-bond acceptors (Lipinski definition) is 7. The van der Waals surface area contributed by atoms with E-state index < -0.39 is 33.9 Å². The first-order valence-corrected chi connectivity index (χ1v) is 13.0. The van der Waals surface area contributed by atoms with Crippen LogP contribution in [0, 0.1) is 5.92 Å². The van der Waals surface area contributed by atoms with Crippen molar-refractivity contribution in [3.05, 3.63) is 30.0 Å². The Morgan fingerprint density at radius 1 is 1.26 bits per heavy atom. The number of nitrogens with one attached hydrogen (secondary N) is 2. The van der Waals surface area contributed by atoms with Crippen LogP contribution >= 0.6 is 0 Å². The minimum absolute atomic E-state index is 0.0548. The van der Waals surface area contributed by atoms with Crippen LogP contribution in [-0.4, -0.2) is 68.9 Å². The molecule has 0 saturated carbocycles. The maximum Gasteiger partial charge on any atom is 0.287 e. The van der Waals surface area contributed by atoms with Crippen LogP contribution in [0.4, 0.5) is 0 Å². The van der Waals surface area contributed by atoms with E-state index in [0.29, 0.717) is 36.0 Å². The first kappa shape index (κ1) is 25.7. The normalized spacial score (nSPS) is 18.5. The van der Waals surface area contributed by atoms with E-state index in [1.54, 1.807) is 31.4 Å². The smallest absolute Gasteiger partial charge is 0.287 e. The fourth-order valence-corrected chi connectivity index (χ4v) is 4.72. The summed E-state index contributed by atoms with van der Waals surface area (Å²) in [5.41, 5.74) is 0.510. The molecule has 10 nitrogen and oxygen atoms in total. The molecule has 1 unspecified atom stereocenters. The van der Waals surface area contributed by atoms with E-state index >= 15 is 0 Å². The molecule has 2 aromatic rings. The molecule has 0 aliphatic carbocycles. The van der Waals surface area contributed by atoms with Crippen molar-refractivity contribution in [1.29, 1.82) is 0 Å². The fourth-order valence-electron chi connectivity index (χ4n) is 3.90. The number of Topliss-reactive ketones (excluding diaryl/α,β-unsaturated/α-hetero) is 1. The van der Waals surface area contributed by atoms with E-state index in [2.05, 4.69) is 10.6 Å². The van der Waals surface area contributed by atoms with Crippen LogP contribution in [0.25, 0.3) is 11.0 Å². The van der Waals surface area contributed by atoms with E-state index in [1.807, 2.05) is 13.8 Å². The Labute approximate surface area is 199 Å². The third-order valence-electron chi connectivity index (χ3n) is 5.68. The number of hydrogen-bond donors (Lipinski definition) is 2. The molecule has 1 aliphatic heterocycles. The summed E-state index contributed by atoms with van der Waals surface area (Å²) in [4.78, 5) is 38.5. The highest BCUT2D eigenvalue weighted by atomic mass is 32.2. The van der Waals surface area contributed by atoms with Gasteiger partial charge in [0, 0.05) is 11.9 Å². The van der Waals surface area contributed by atoms with Crippen LogP contribution in [0.3, 0.4) is 0 Å². The molecule has 3 rings (SSSR count). The Hall–Kier alpha value is -2.92. The molecule has 2 atom stereocenters. The van der Waals surface area contributed by atoms with Crippen LogP contribution in [0.2, 0.25) is 0 Å². The zero-order chi connectivity index (χ0) is 25.0. The largest absolute Gasteiger partial charge is 0.497 e. The second kappa shape index (κ2) is 10.6. The molecule has 0 bridgehead atoms. The molecule has 1 aliphatic rings. The third-order valence-corrected chi connectivity index (χ3v) is 6.93. The predicted molar refractivity (Wildman–Crippen MR) is 126 cm³/mol. The van der Waals surface area contributed by atoms with Crippen LogP contribution in [0.5, 0.6) is 5.75 Å². The first-order valence-electron chi connectivity index (χ1n) is 11.1. The van der Waals surface area contributed by atoms with Gasteiger partial charge >= 0.3 is 0 Å². The average molecular weight is 494 g/mol. The molecule has 0 radical (unpaired) electrons. The number of rotatable bonds is 8. The summed E-state index contributed by atoms with van der Waals surface area (Å²) in [5, 5.41) is 6.11. The molecule has 2 N–H and O–H groups in total. The predicted octanol–water partition coefficient (Wildman–Crippen LogP) is 1.70. The number of ether oxygens (including phenoxy) is 1. The van der Waals surface area contributed by atoms with E-state index in [4.69, 9.17) is 9.15 Å². The Bertz CT molecular complexity index is 1170. The summed E-state index contributed by atoms with van der Waals surface area (Å²) in [5.74, 6) is -0.657. The first-order chi connectivity index (χ1) is 16.0. The van der Waals surface area contributed by atoms with Crippen LogP contribution in [0.1, 0.15) is 43.7 Å². The van der Waals surface area contributed by atoms with Crippen molar-refractivity contribution < 1.29 is 32.0 Å². The van der Waals surface area contributed by atoms with Gasteiger partial charge in [0.2, 0.25) is 15.9 Å². The maximum atomic E-state index is 13.0. The number of carbonyl (C=O) groups excluding carboxylic acids is 3. The Morgan fingerprint density at radius 3 is 2.65 bits per heavy atom. The van der Waals surface area contributed by atoms with E-state index in [0.717, 1.165) is 10.6 Å². The van der Waals surface area contributed by atoms with Crippen LogP contribution < -0.4 is 15.4 Å². The van der Waals surface area contributed by atoms with Crippen molar-refractivity contribution in [2.75, 3.05) is 26.5 Å². The molecule has 1 aromatic carbocycles. The number of amides is 2. The van der Waals surface area contributed by atoms with Crippen LogP contribution in [-0.2, 0) is 19.6 Å². The molecule has 1 saturated heterocycles. The van der Waals surface area contributed by atoms with Gasteiger partial charge in [0.15, 0.2) is 11.5 Å². The second-order valence-electron chi connectivity index (χ2n) is 8.94.